The number of nitrogens with zero attached hydrogens (tertiary/aromatic N) is 1. The van der Waals surface area contributed by atoms with Crippen LogP contribution in [0.4, 0.5) is 13.2 Å². The molecule has 0 aliphatic carbocycles. The van der Waals surface area contributed by atoms with Gasteiger partial charge in [0.2, 0.25) is 5.91 Å². The van der Waals surface area contributed by atoms with E-state index in [9.17, 15) is 22.8 Å². The molecule has 0 saturated carbocycles. The second kappa shape index (κ2) is 7.26. The molecule has 2 amide bonds. The lowest BCUT2D eigenvalue weighted by molar-refractivity contribution is -0.137. The number of hydrogen-bond donors (Lipinski definition) is 2. The number of likely N-dealkylation sites (tertiary alicyclic amines) is 1. The predicted octanol–water partition coefficient (Wildman–Crippen LogP) is 2.04. The molecule has 1 aromatic rings. The second-order valence-electron chi connectivity index (χ2n) is 7.07. The molecule has 2 aliphatic heterocycles. The van der Waals surface area contributed by atoms with E-state index in [4.69, 9.17) is 0 Å². The molecule has 0 aromatic heterocycles. The van der Waals surface area contributed by atoms with Gasteiger partial charge in [-0.05, 0) is 55.5 Å². The minimum atomic E-state index is -4.44. The lowest BCUT2D eigenvalue weighted by atomic mass is 9.78. The molecule has 1 spiro atoms. The van der Waals surface area contributed by atoms with Crippen LogP contribution in [0.15, 0.2) is 24.3 Å². The quantitative estimate of drug-likeness (QED) is 0.857. The molecule has 3 rings (SSSR count). The SMILES string of the molecule is O=C(NCC(=O)N1CCC2(CCNC2)CC1)c1ccc(C(F)(F)F)cc1. The second-order valence-corrected chi connectivity index (χ2v) is 7.07. The highest BCUT2D eigenvalue weighted by Gasteiger charge is 2.38. The van der Waals surface area contributed by atoms with Crippen molar-refractivity contribution in [2.24, 2.45) is 5.41 Å². The summed E-state index contributed by atoms with van der Waals surface area (Å²) in [5.41, 5.74) is -0.408. The summed E-state index contributed by atoms with van der Waals surface area (Å²) in [6.07, 6.45) is -1.39. The summed E-state index contributed by atoms with van der Waals surface area (Å²) in [6, 6.07) is 3.94. The van der Waals surface area contributed by atoms with Gasteiger partial charge in [-0.3, -0.25) is 9.59 Å². The summed E-state index contributed by atoms with van der Waals surface area (Å²) in [5, 5.41) is 5.86. The van der Waals surface area contributed by atoms with Gasteiger partial charge in [-0.25, -0.2) is 0 Å². The van der Waals surface area contributed by atoms with Gasteiger partial charge in [0.15, 0.2) is 0 Å². The molecule has 142 valence electrons. The number of alkyl halides is 3. The monoisotopic (exact) mass is 369 g/mol. The maximum absolute atomic E-state index is 12.5. The molecule has 2 N–H and O–H groups in total. The largest absolute Gasteiger partial charge is 0.416 e. The van der Waals surface area contributed by atoms with Gasteiger partial charge in [0, 0.05) is 25.2 Å². The van der Waals surface area contributed by atoms with Gasteiger partial charge in [0.25, 0.3) is 5.91 Å². The first kappa shape index (κ1) is 18.7. The number of carbonyl (C=O) groups excluding carboxylic acids is 2. The van der Waals surface area contributed by atoms with Crippen LogP contribution in [0.3, 0.4) is 0 Å². The highest BCUT2D eigenvalue weighted by atomic mass is 19.4. The Kier molecular flexibility index (Phi) is 5.22. The highest BCUT2D eigenvalue weighted by Crippen LogP contribution is 2.36. The molecular weight excluding hydrogens is 347 g/mol. The lowest BCUT2D eigenvalue weighted by Crippen LogP contribution is -2.47. The first-order valence-electron chi connectivity index (χ1n) is 8.73. The molecule has 1 aromatic carbocycles. The van der Waals surface area contributed by atoms with Crippen molar-refractivity contribution < 1.29 is 22.8 Å². The Morgan fingerprint density at radius 3 is 2.31 bits per heavy atom. The maximum atomic E-state index is 12.5. The van der Waals surface area contributed by atoms with E-state index in [2.05, 4.69) is 10.6 Å². The number of benzene rings is 1. The molecule has 0 bridgehead atoms. The van der Waals surface area contributed by atoms with Crippen molar-refractivity contribution in [2.75, 3.05) is 32.7 Å². The zero-order valence-electron chi connectivity index (χ0n) is 14.4. The standard InChI is InChI=1S/C18H22F3N3O2/c19-18(20,21)14-3-1-13(2-4-14)16(26)23-11-15(25)24-9-6-17(7-10-24)5-8-22-12-17/h1-4,22H,5-12H2,(H,23,26). The molecule has 2 heterocycles. The summed E-state index contributed by atoms with van der Waals surface area (Å²) in [4.78, 5) is 26.0. The summed E-state index contributed by atoms with van der Waals surface area (Å²) in [6.45, 7) is 3.23. The molecule has 2 saturated heterocycles. The first-order chi connectivity index (χ1) is 12.3. The van der Waals surface area contributed by atoms with Gasteiger partial charge < -0.3 is 15.5 Å². The van der Waals surface area contributed by atoms with Crippen LogP contribution in [-0.2, 0) is 11.0 Å². The number of hydrogen-bond acceptors (Lipinski definition) is 3. The molecule has 8 heteroatoms. The van der Waals surface area contributed by atoms with Gasteiger partial charge in [-0.1, -0.05) is 0 Å². The number of rotatable bonds is 3. The third-order valence-corrected chi connectivity index (χ3v) is 5.38. The van der Waals surface area contributed by atoms with Crippen LogP contribution in [-0.4, -0.2) is 49.4 Å². The molecule has 0 unspecified atom stereocenters. The van der Waals surface area contributed by atoms with Crippen LogP contribution in [0.2, 0.25) is 0 Å². The van der Waals surface area contributed by atoms with Crippen molar-refractivity contribution in [3.8, 4) is 0 Å². The fourth-order valence-electron chi connectivity index (χ4n) is 3.63. The summed E-state index contributed by atoms with van der Waals surface area (Å²) in [5.74, 6) is -0.716. The maximum Gasteiger partial charge on any atom is 0.416 e. The molecule has 2 fully saturated rings. The van der Waals surface area contributed by atoms with Crippen molar-refractivity contribution in [1.82, 2.24) is 15.5 Å². The Morgan fingerprint density at radius 2 is 1.77 bits per heavy atom. The normalized spacial score (nSPS) is 19.6. The Bertz CT molecular complexity index is 657. The van der Waals surface area contributed by atoms with Crippen molar-refractivity contribution >= 4 is 11.8 Å². The van der Waals surface area contributed by atoms with E-state index in [1.54, 1.807) is 4.90 Å². The molecule has 26 heavy (non-hydrogen) atoms. The number of amides is 2. The molecule has 2 aliphatic rings. The smallest absolute Gasteiger partial charge is 0.343 e. The van der Waals surface area contributed by atoms with E-state index in [0.29, 0.717) is 18.5 Å². The van der Waals surface area contributed by atoms with Crippen LogP contribution >= 0.6 is 0 Å². The molecule has 0 atom stereocenters. The Morgan fingerprint density at radius 1 is 1.12 bits per heavy atom. The Hall–Kier alpha value is -2.09. The summed E-state index contributed by atoms with van der Waals surface area (Å²) >= 11 is 0. The van der Waals surface area contributed by atoms with E-state index >= 15 is 0 Å². The van der Waals surface area contributed by atoms with Crippen LogP contribution < -0.4 is 10.6 Å². The van der Waals surface area contributed by atoms with E-state index in [1.165, 1.54) is 0 Å². The van der Waals surface area contributed by atoms with Gasteiger partial charge in [0.05, 0.1) is 12.1 Å². The fraction of sp³-hybridized carbons (Fsp3) is 0.556. The number of halogens is 3. The van der Waals surface area contributed by atoms with Crippen LogP contribution in [0, 0.1) is 5.41 Å². The molecule has 0 radical (unpaired) electrons. The van der Waals surface area contributed by atoms with Gasteiger partial charge in [-0.2, -0.15) is 13.2 Å². The average molecular weight is 369 g/mol. The van der Waals surface area contributed by atoms with E-state index in [0.717, 1.165) is 56.6 Å². The van der Waals surface area contributed by atoms with Gasteiger partial charge in [-0.15, -0.1) is 0 Å². The fourth-order valence-corrected chi connectivity index (χ4v) is 3.63. The summed E-state index contributed by atoms with van der Waals surface area (Å²) in [7, 11) is 0. The van der Waals surface area contributed by atoms with E-state index in [1.807, 2.05) is 0 Å². The minimum absolute atomic E-state index is 0.0976. The predicted molar refractivity (Wildman–Crippen MR) is 89.5 cm³/mol. The Balaban J connectivity index is 1.47. The average Bonchev–Trinajstić information content (AvgIpc) is 3.07. The van der Waals surface area contributed by atoms with Crippen molar-refractivity contribution in [3.63, 3.8) is 0 Å². The van der Waals surface area contributed by atoms with Crippen molar-refractivity contribution in [1.29, 1.82) is 0 Å². The van der Waals surface area contributed by atoms with E-state index in [-0.39, 0.29) is 18.0 Å². The lowest BCUT2D eigenvalue weighted by Gasteiger charge is -2.38. The van der Waals surface area contributed by atoms with Crippen LogP contribution in [0.1, 0.15) is 35.2 Å². The van der Waals surface area contributed by atoms with Gasteiger partial charge >= 0.3 is 6.18 Å². The zero-order chi connectivity index (χ0) is 18.8. The minimum Gasteiger partial charge on any atom is -0.343 e. The van der Waals surface area contributed by atoms with Gasteiger partial charge in [0.1, 0.15) is 0 Å². The van der Waals surface area contributed by atoms with Crippen LogP contribution in [0.25, 0.3) is 0 Å². The highest BCUT2D eigenvalue weighted by molar-refractivity contribution is 5.96. The van der Waals surface area contributed by atoms with Crippen LogP contribution in [0.5, 0.6) is 0 Å². The summed E-state index contributed by atoms with van der Waals surface area (Å²) < 4.78 is 37.6. The number of piperidine rings is 1. The first-order valence-corrected chi connectivity index (χ1v) is 8.73. The number of nitrogens with one attached hydrogen (secondary N) is 2. The van der Waals surface area contributed by atoms with Crippen molar-refractivity contribution in [2.45, 2.75) is 25.4 Å². The third-order valence-electron chi connectivity index (χ3n) is 5.38. The third kappa shape index (κ3) is 4.17. The molecule has 5 nitrogen and oxygen atoms in total. The Labute approximate surface area is 149 Å². The van der Waals surface area contributed by atoms with E-state index < -0.39 is 17.6 Å². The zero-order valence-corrected chi connectivity index (χ0v) is 14.4. The van der Waals surface area contributed by atoms with Crippen molar-refractivity contribution in [3.05, 3.63) is 35.4 Å². The number of carbonyl (C=O) groups is 2. The topological polar surface area (TPSA) is 61.4 Å². The molecular formula is C18H22F3N3O2.